The second-order valence-electron chi connectivity index (χ2n) is 4.83. The summed E-state index contributed by atoms with van der Waals surface area (Å²) >= 11 is 5.76. The van der Waals surface area contributed by atoms with E-state index < -0.39 is 5.97 Å². The number of carbonyl (C=O) groups excluding carboxylic acids is 1. The van der Waals surface area contributed by atoms with Crippen LogP contribution in [0.4, 0.5) is 0 Å². The normalized spacial score (nSPS) is 13.8. The van der Waals surface area contributed by atoms with Gasteiger partial charge in [0, 0.05) is 0 Å². The van der Waals surface area contributed by atoms with E-state index in [1.165, 1.54) is 31.6 Å². The number of halogens is 1. The summed E-state index contributed by atoms with van der Waals surface area (Å²) in [6.07, 6.45) is 2.41. The van der Waals surface area contributed by atoms with E-state index in [9.17, 15) is 4.79 Å². The van der Waals surface area contributed by atoms with E-state index in [1.54, 1.807) is 0 Å². The van der Waals surface area contributed by atoms with Crippen molar-refractivity contribution in [3.05, 3.63) is 46.6 Å². The first-order valence-electron chi connectivity index (χ1n) is 6.56. The van der Waals surface area contributed by atoms with Crippen LogP contribution in [0.15, 0.2) is 30.3 Å². The molecule has 0 amide bonds. The van der Waals surface area contributed by atoms with Crippen molar-refractivity contribution in [3.63, 3.8) is 0 Å². The Morgan fingerprint density at radius 1 is 1.29 bits per heavy atom. The van der Waals surface area contributed by atoms with Crippen molar-refractivity contribution < 1.29 is 14.3 Å². The zero-order valence-electron chi connectivity index (χ0n) is 11.4. The Labute approximate surface area is 126 Å². The summed E-state index contributed by atoms with van der Waals surface area (Å²) in [5.74, 6) is 0.741. The van der Waals surface area contributed by atoms with Gasteiger partial charge in [-0.2, -0.15) is 0 Å². The standard InChI is InChI=1S/C15H13ClN2O3/c1-20-15(19)12-8-13(16)17-18-14(12)21-11-4-2-3-10(7-11)9-5-6-9/h2-4,7-9H,5-6H2,1H3. The molecule has 1 heterocycles. The molecule has 2 aromatic rings. The van der Waals surface area contributed by atoms with Crippen LogP contribution in [0.1, 0.15) is 34.7 Å². The first-order valence-corrected chi connectivity index (χ1v) is 6.94. The molecule has 5 nitrogen and oxygen atoms in total. The lowest BCUT2D eigenvalue weighted by atomic mass is 10.1. The number of esters is 1. The van der Waals surface area contributed by atoms with Gasteiger partial charge in [0.1, 0.15) is 11.3 Å². The number of carbonyl (C=O) groups is 1. The molecule has 0 bridgehead atoms. The van der Waals surface area contributed by atoms with Gasteiger partial charge in [-0.1, -0.05) is 23.7 Å². The van der Waals surface area contributed by atoms with Crippen LogP contribution in [-0.4, -0.2) is 23.3 Å². The van der Waals surface area contributed by atoms with Crippen molar-refractivity contribution in [2.45, 2.75) is 18.8 Å². The van der Waals surface area contributed by atoms with E-state index in [0.717, 1.165) is 0 Å². The molecular weight excluding hydrogens is 292 g/mol. The number of ether oxygens (including phenoxy) is 2. The smallest absolute Gasteiger partial charge is 0.343 e. The molecule has 1 aliphatic rings. The Morgan fingerprint density at radius 3 is 2.81 bits per heavy atom. The van der Waals surface area contributed by atoms with Gasteiger partial charge in [-0.25, -0.2) is 4.79 Å². The summed E-state index contributed by atoms with van der Waals surface area (Å²) in [4.78, 5) is 11.7. The quantitative estimate of drug-likeness (QED) is 0.808. The molecule has 0 unspecified atom stereocenters. The van der Waals surface area contributed by atoms with Crippen LogP contribution in [0.5, 0.6) is 11.6 Å². The average molecular weight is 305 g/mol. The maximum atomic E-state index is 11.7. The molecule has 0 N–H and O–H groups in total. The Balaban J connectivity index is 1.90. The number of aromatic nitrogens is 2. The fourth-order valence-electron chi connectivity index (χ4n) is 2.05. The van der Waals surface area contributed by atoms with E-state index in [2.05, 4.69) is 16.3 Å². The number of hydrogen-bond donors (Lipinski definition) is 0. The van der Waals surface area contributed by atoms with E-state index in [-0.39, 0.29) is 16.6 Å². The number of methoxy groups -OCH3 is 1. The lowest BCUT2D eigenvalue weighted by Crippen LogP contribution is -2.06. The molecular formula is C15H13ClN2O3. The number of rotatable bonds is 4. The minimum atomic E-state index is -0.569. The highest BCUT2D eigenvalue weighted by molar-refractivity contribution is 6.29. The molecule has 21 heavy (non-hydrogen) atoms. The van der Waals surface area contributed by atoms with Crippen LogP contribution in [0.2, 0.25) is 5.15 Å². The van der Waals surface area contributed by atoms with Gasteiger partial charge in [0.15, 0.2) is 5.15 Å². The minimum absolute atomic E-state index is 0.0826. The highest BCUT2D eigenvalue weighted by Crippen LogP contribution is 2.41. The Morgan fingerprint density at radius 2 is 2.10 bits per heavy atom. The summed E-state index contributed by atoms with van der Waals surface area (Å²) < 4.78 is 10.4. The largest absolute Gasteiger partial charge is 0.465 e. The maximum absolute atomic E-state index is 11.7. The van der Waals surface area contributed by atoms with Gasteiger partial charge in [-0.05, 0) is 42.5 Å². The molecule has 0 spiro atoms. The monoisotopic (exact) mass is 304 g/mol. The van der Waals surface area contributed by atoms with E-state index in [1.807, 2.05) is 18.2 Å². The fraction of sp³-hybridized carbons (Fsp3) is 0.267. The van der Waals surface area contributed by atoms with Crippen LogP contribution < -0.4 is 4.74 Å². The molecule has 0 atom stereocenters. The van der Waals surface area contributed by atoms with E-state index in [4.69, 9.17) is 21.1 Å². The van der Waals surface area contributed by atoms with Gasteiger partial charge in [-0.3, -0.25) is 0 Å². The van der Waals surface area contributed by atoms with Crippen LogP contribution in [-0.2, 0) is 4.74 Å². The molecule has 3 rings (SSSR count). The van der Waals surface area contributed by atoms with Crippen LogP contribution >= 0.6 is 11.6 Å². The highest BCUT2D eigenvalue weighted by atomic mass is 35.5. The van der Waals surface area contributed by atoms with Crippen molar-refractivity contribution in [1.29, 1.82) is 0 Å². The van der Waals surface area contributed by atoms with Crippen LogP contribution in [0, 0.1) is 0 Å². The lowest BCUT2D eigenvalue weighted by Gasteiger charge is -2.09. The third kappa shape index (κ3) is 3.13. The molecule has 1 aromatic heterocycles. The van der Waals surface area contributed by atoms with Crippen LogP contribution in [0.3, 0.4) is 0 Å². The van der Waals surface area contributed by atoms with E-state index >= 15 is 0 Å². The van der Waals surface area contributed by atoms with Gasteiger partial charge in [-0.15, -0.1) is 10.2 Å². The minimum Gasteiger partial charge on any atom is -0.465 e. The second kappa shape index (κ2) is 5.69. The third-order valence-electron chi connectivity index (χ3n) is 3.26. The van der Waals surface area contributed by atoms with E-state index in [0.29, 0.717) is 11.7 Å². The molecule has 1 fully saturated rings. The zero-order valence-corrected chi connectivity index (χ0v) is 12.1. The van der Waals surface area contributed by atoms with Gasteiger partial charge in [0.2, 0.25) is 0 Å². The molecule has 1 aromatic carbocycles. The SMILES string of the molecule is COC(=O)c1cc(Cl)nnc1Oc1cccc(C2CC2)c1. The maximum Gasteiger partial charge on any atom is 0.343 e. The predicted molar refractivity (Wildman–Crippen MR) is 76.9 cm³/mol. The topological polar surface area (TPSA) is 61.3 Å². The summed E-state index contributed by atoms with van der Waals surface area (Å²) in [6, 6.07) is 9.13. The van der Waals surface area contributed by atoms with Gasteiger partial charge in [0.05, 0.1) is 7.11 Å². The summed E-state index contributed by atoms with van der Waals surface area (Å²) in [5.41, 5.74) is 1.38. The molecule has 1 saturated carbocycles. The van der Waals surface area contributed by atoms with Crippen molar-refractivity contribution in [2.75, 3.05) is 7.11 Å². The van der Waals surface area contributed by atoms with Gasteiger partial charge in [0.25, 0.3) is 5.88 Å². The molecule has 0 aliphatic heterocycles. The Kier molecular flexibility index (Phi) is 3.75. The summed E-state index contributed by atoms with van der Waals surface area (Å²) in [7, 11) is 1.29. The average Bonchev–Trinajstić information content (AvgIpc) is 3.33. The van der Waals surface area contributed by atoms with Crippen molar-refractivity contribution in [2.24, 2.45) is 0 Å². The second-order valence-corrected chi connectivity index (χ2v) is 5.21. The molecule has 6 heteroatoms. The van der Waals surface area contributed by atoms with Crippen molar-refractivity contribution in [1.82, 2.24) is 10.2 Å². The van der Waals surface area contributed by atoms with Crippen molar-refractivity contribution in [3.8, 4) is 11.6 Å². The fourth-order valence-corrected chi connectivity index (χ4v) is 2.20. The first-order chi connectivity index (χ1) is 10.2. The Hall–Kier alpha value is -2.14. The molecule has 1 aliphatic carbocycles. The number of nitrogens with zero attached hydrogens (tertiary/aromatic N) is 2. The molecule has 0 saturated heterocycles. The predicted octanol–water partition coefficient (Wildman–Crippen LogP) is 3.59. The first kappa shape index (κ1) is 13.8. The summed E-state index contributed by atoms with van der Waals surface area (Å²) in [5, 5.41) is 7.64. The number of benzene rings is 1. The zero-order chi connectivity index (χ0) is 14.8. The van der Waals surface area contributed by atoms with Gasteiger partial charge < -0.3 is 9.47 Å². The molecule has 0 radical (unpaired) electrons. The summed E-state index contributed by atoms with van der Waals surface area (Å²) in [6.45, 7) is 0. The Bertz CT molecular complexity index is 686. The van der Waals surface area contributed by atoms with Crippen LogP contribution in [0.25, 0.3) is 0 Å². The van der Waals surface area contributed by atoms with Crippen molar-refractivity contribution >= 4 is 17.6 Å². The molecule has 108 valence electrons. The number of hydrogen-bond acceptors (Lipinski definition) is 5. The van der Waals surface area contributed by atoms with Gasteiger partial charge >= 0.3 is 5.97 Å². The third-order valence-corrected chi connectivity index (χ3v) is 3.44. The highest BCUT2D eigenvalue weighted by Gasteiger charge is 2.24. The lowest BCUT2D eigenvalue weighted by molar-refractivity contribution is 0.0596.